The van der Waals surface area contributed by atoms with Crippen LogP contribution in [0.4, 0.5) is 0 Å². The fourth-order valence-corrected chi connectivity index (χ4v) is 1.73. The molecule has 0 aromatic heterocycles. The van der Waals surface area contributed by atoms with Crippen LogP contribution in [-0.2, 0) is 4.79 Å². The zero-order valence-corrected chi connectivity index (χ0v) is 10.1. The third-order valence-corrected chi connectivity index (χ3v) is 2.73. The third kappa shape index (κ3) is 8.28. The maximum absolute atomic E-state index is 10.8. The van der Waals surface area contributed by atoms with Crippen LogP contribution in [0.2, 0.25) is 0 Å². The molecule has 0 aromatic carbocycles. The Morgan fingerprint density at radius 3 is 2.14 bits per heavy atom. The summed E-state index contributed by atoms with van der Waals surface area (Å²) in [5.74, 6) is 1.11. The molecule has 0 amide bonds. The molecule has 14 heavy (non-hydrogen) atoms. The van der Waals surface area contributed by atoms with E-state index in [0.717, 1.165) is 25.0 Å². The molecule has 0 aliphatic heterocycles. The summed E-state index contributed by atoms with van der Waals surface area (Å²) in [6.45, 7) is 6.69. The highest BCUT2D eigenvalue weighted by atomic mass is 16.1. The molecule has 0 aliphatic rings. The Morgan fingerprint density at radius 1 is 1.00 bits per heavy atom. The third-order valence-electron chi connectivity index (χ3n) is 2.73. The van der Waals surface area contributed by atoms with Crippen LogP contribution in [-0.4, -0.2) is 6.29 Å². The minimum absolute atomic E-state index is 0.334. The highest BCUT2D eigenvalue weighted by molar-refractivity contribution is 5.53. The van der Waals surface area contributed by atoms with Crippen molar-refractivity contribution >= 4 is 6.29 Å². The number of rotatable bonds is 9. The average molecular weight is 198 g/mol. The first-order chi connectivity index (χ1) is 6.70. The highest BCUT2D eigenvalue weighted by Gasteiger charge is 2.06. The van der Waals surface area contributed by atoms with Gasteiger partial charge in [-0.05, 0) is 18.8 Å². The zero-order chi connectivity index (χ0) is 10.8. The van der Waals surface area contributed by atoms with Crippen molar-refractivity contribution in [2.24, 2.45) is 11.8 Å². The minimum atomic E-state index is 0.334. The Bertz CT molecular complexity index is 129. The zero-order valence-electron chi connectivity index (χ0n) is 10.1. The van der Waals surface area contributed by atoms with Gasteiger partial charge in [-0.3, -0.25) is 0 Å². The van der Waals surface area contributed by atoms with Crippen LogP contribution in [0.3, 0.4) is 0 Å². The molecule has 0 heterocycles. The summed E-state index contributed by atoms with van der Waals surface area (Å²) in [4.78, 5) is 10.8. The van der Waals surface area contributed by atoms with Crippen molar-refractivity contribution in [3.8, 4) is 0 Å². The standard InChI is InChI=1S/C13H26O/c1-4-5-6-9-13(11-14)10-7-8-12(2)3/h11-13H,4-10H2,1-3H3. The summed E-state index contributed by atoms with van der Waals surface area (Å²) in [6.07, 6.45) is 9.59. The average Bonchev–Trinajstić information content (AvgIpc) is 2.15. The second kappa shape index (κ2) is 9.23. The van der Waals surface area contributed by atoms with Crippen molar-refractivity contribution in [2.75, 3.05) is 0 Å². The largest absolute Gasteiger partial charge is 0.303 e. The SMILES string of the molecule is CCCCCC(C=O)CCCC(C)C. The molecule has 0 fully saturated rings. The predicted octanol–water partition coefficient (Wildman–Crippen LogP) is 4.21. The van der Waals surface area contributed by atoms with Crippen LogP contribution in [0, 0.1) is 11.8 Å². The van der Waals surface area contributed by atoms with Gasteiger partial charge in [0, 0.05) is 5.92 Å². The van der Waals surface area contributed by atoms with Gasteiger partial charge in [-0.2, -0.15) is 0 Å². The normalized spacial score (nSPS) is 13.1. The second-order valence-electron chi connectivity index (χ2n) is 4.72. The van der Waals surface area contributed by atoms with E-state index in [9.17, 15) is 4.79 Å². The van der Waals surface area contributed by atoms with Gasteiger partial charge in [0.2, 0.25) is 0 Å². The molecule has 0 aliphatic carbocycles. The number of hydrogen-bond acceptors (Lipinski definition) is 1. The molecule has 0 bridgehead atoms. The lowest BCUT2D eigenvalue weighted by atomic mass is 9.95. The van der Waals surface area contributed by atoms with Gasteiger partial charge in [0.1, 0.15) is 6.29 Å². The van der Waals surface area contributed by atoms with Crippen molar-refractivity contribution in [3.63, 3.8) is 0 Å². The molecule has 0 spiro atoms. The van der Waals surface area contributed by atoms with Gasteiger partial charge in [0.15, 0.2) is 0 Å². The van der Waals surface area contributed by atoms with E-state index in [1.54, 1.807) is 0 Å². The summed E-state index contributed by atoms with van der Waals surface area (Å²) >= 11 is 0. The summed E-state index contributed by atoms with van der Waals surface area (Å²) in [5.41, 5.74) is 0. The monoisotopic (exact) mass is 198 g/mol. The molecular weight excluding hydrogens is 172 g/mol. The van der Waals surface area contributed by atoms with E-state index in [1.807, 2.05) is 0 Å². The van der Waals surface area contributed by atoms with Crippen molar-refractivity contribution in [1.29, 1.82) is 0 Å². The molecule has 0 radical (unpaired) electrons. The maximum Gasteiger partial charge on any atom is 0.123 e. The molecule has 1 nitrogen and oxygen atoms in total. The molecule has 1 atom stereocenters. The number of carbonyl (C=O) groups is 1. The lowest BCUT2D eigenvalue weighted by Gasteiger charge is -2.10. The van der Waals surface area contributed by atoms with Crippen molar-refractivity contribution in [3.05, 3.63) is 0 Å². The fraction of sp³-hybridized carbons (Fsp3) is 0.923. The van der Waals surface area contributed by atoms with Crippen LogP contribution in [0.25, 0.3) is 0 Å². The van der Waals surface area contributed by atoms with Gasteiger partial charge in [-0.15, -0.1) is 0 Å². The molecule has 0 N–H and O–H groups in total. The fourth-order valence-electron chi connectivity index (χ4n) is 1.73. The van der Waals surface area contributed by atoms with Crippen LogP contribution in [0.15, 0.2) is 0 Å². The summed E-state index contributed by atoms with van der Waals surface area (Å²) in [5, 5.41) is 0. The first-order valence-electron chi connectivity index (χ1n) is 6.16. The number of carbonyl (C=O) groups excluding carboxylic acids is 1. The molecule has 0 saturated heterocycles. The Balaban J connectivity index is 3.43. The van der Waals surface area contributed by atoms with Crippen molar-refractivity contribution in [1.82, 2.24) is 0 Å². The van der Waals surface area contributed by atoms with Crippen LogP contribution in [0.5, 0.6) is 0 Å². The lowest BCUT2D eigenvalue weighted by Crippen LogP contribution is -2.02. The van der Waals surface area contributed by atoms with E-state index in [4.69, 9.17) is 0 Å². The van der Waals surface area contributed by atoms with Gasteiger partial charge >= 0.3 is 0 Å². The van der Waals surface area contributed by atoms with E-state index in [0.29, 0.717) is 5.92 Å². The van der Waals surface area contributed by atoms with Gasteiger partial charge < -0.3 is 4.79 Å². The van der Waals surface area contributed by atoms with Crippen molar-refractivity contribution in [2.45, 2.75) is 65.7 Å². The van der Waals surface area contributed by atoms with Gasteiger partial charge in [0.05, 0.1) is 0 Å². The van der Waals surface area contributed by atoms with Gasteiger partial charge in [-0.25, -0.2) is 0 Å². The van der Waals surface area contributed by atoms with E-state index in [-0.39, 0.29) is 0 Å². The quantitative estimate of drug-likeness (QED) is 0.400. The Labute approximate surface area is 89.3 Å². The number of hydrogen-bond donors (Lipinski definition) is 0. The first-order valence-corrected chi connectivity index (χ1v) is 6.16. The molecule has 0 rings (SSSR count). The van der Waals surface area contributed by atoms with Gasteiger partial charge in [0.25, 0.3) is 0 Å². The summed E-state index contributed by atoms with van der Waals surface area (Å²) in [6, 6.07) is 0. The molecule has 84 valence electrons. The van der Waals surface area contributed by atoms with E-state index < -0.39 is 0 Å². The number of unbranched alkanes of at least 4 members (excludes halogenated alkanes) is 2. The Hall–Kier alpha value is -0.330. The van der Waals surface area contributed by atoms with Crippen LogP contribution < -0.4 is 0 Å². The topological polar surface area (TPSA) is 17.1 Å². The first kappa shape index (κ1) is 13.7. The smallest absolute Gasteiger partial charge is 0.123 e. The Morgan fingerprint density at radius 2 is 1.64 bits per heavy atom. The molecule has 1 unspecified atom stereocenters. The summed E-state index contributed by atoms with van der Waals surface area (Å²) < 4.78 is 0. The molecule has 0 aromatic rings. The van der Waals surface area contributed by atoms with Crippen molar-refractivity contribution < 1.29 is 4.79 Å². The Kier molecular flexibility index (Phi) is 9.02. The van der Waals surface area contributed by atoms with E-state index in [1.165, 1.54) is 32.1 Å². The van der Waals surface area contributed by atoms with Crippen LogP contribution in [0.1, 0.15) is 65.7 Å². The minimum Gasteiger partial charge on any atom is -0.303 e. The molecular formula is C13H26O. The maximum atomic E-state index is 10.8. The summed E-state index contributed by atoms with van der Waals surface area (Å²) in [7, 11) is 0. The lowest BCUT2D eigenvalue weighted by molar-refractivity contribution is -0.111. The highest BCUT2D eigenvalue weighted by Crippen LogP contribution is 2.16. The van der Waals surface area contributed by atoms with Gasteiger partial charge in [-0.1, -0.05) is 52.9 Å². The van der Waals surface area contributed by atoms with Crippen LogP contribution >= 0.6 is 0 Å². The second-order valence-corrected chi connectivity index (χ2v) is 4.72. The molecule has 1 heteroatoms. The van der Waals surface area contributed by atoms with E-state index >= 15 is 0 Å². The molecule has 0 saturated carbocycles. The predicted molar refractivity (Wildman–Crippen MR) is 62.4 cm³/mol. The number of aldehydes is 1. The van der Waals surface area contributed by atoms with E-state index in [2.05, 4.69) is 20.8 Å².